The first-order chi connectivity index (χ1) is 7.00. The fourth-order valence-electron chi connectivity index (χ4n) is 0.584. The Kier molecular flexibility index (Phi) is 3.75. The van der Waals surface area contributed by atoms with Gasteiger partial charge in [-0.2, -0.15) is 48.3 Å². The molecule has 1 atom stereocenters. The van der Waals surface area contributed by atoms with E-state index in [1.807, 2.05) is 0 Å². The van der Waals surface area contributed by atoms with Crippen LogP contribution in [0.1, 0.15) is 0 Å². The van der Waals surface area contributed by atoms with Gasteiger partial charge in [0.15, 0.2) is 0 Å². The third-order valence-corrected chi connectivity index (χ3v) is 1.93. The van der Waals surface area contributed by atoms with Crippen molar-refractivity contribution in [1.82, 2.24) is 0 Å². The van der Waals surface area contributed by atoms with E-state index in [0.29, 0.717) is 0 Å². The summed E-state index contributed by atoms with van der Waals surface area (Å²) in [4.78, 5) is 0. The van der Waals surface area contributed by atoms with Gasteiger partial charge in [-0.15, -0.1) is 0 Å². The number of hydrogen-bond acceptors (Lipinski definition) is 0. The van der Waals surface area contributed by atoms with Crippen LogP contribution in [-0.4, -0.2) is 29.6 Å². The molecule has 1 unspecified atom stereocenters. The molecule has 0 bridgehead atoms. The third-order valence-electron chi connectivity index (χ3n) is 1.56. The smallest absolute Gasteiger partial charge is 0.195 e. The SMILES string of the molecule is FC(F)(F)C(F)(F)C(F)(F)C(F)(F)C(F)(F)P. The Hall–Kier alpha value is -0.340. The molecule has 0 saturated heterocycles. The number of halogens is 11. The van der Waals surface area contributed by atoms with Gasteiger partial charge in [0.05, 0.1) is 0 Å². The quantitative estimate of drug-likeness (QED) is 0.547. The summed E-state index contributed by atoms with van der Waals surface area (Å²) in [5.74, 6) is -21.5. The van der Waals surface area contributed by atoms with Crippen LogP contribution in [0.3, 0.4) is 0 Å². The van der Waals surface area contributed by atoms with Crippen molar-refractivity contribution in [1.29, 1.82) is 0 Å². The van der Waals surface area contributed by atoms with Gasteiger partial charge >= 0.3 is 29.6 Å². The monoisotopic (exact) mass is 302 g/mol. The predicted molar refractivity (Wildman–Crippen MR) is 35.6 cm³/mol. The molecular weight excluding hydrogens is 300 g/mol. The van der Waals surface area contributed by atoms with Crippen LogP contribution in [0.4, 0.5) is 48.3 Å². The average Bonchev–Trinajstić information content (AvgIpc) is 1.98. The van der Waals surface area contributed by atoms with Crippen molar-refractivity contribution in [2.45, 2.75) is 29.6 Å². The molecule has 0 fully saturated rings. The molecule has 0 aromatic rings. The highest BCUT2D eigenvalue weighted by molar-refractivity contribution is 7.18. The molecule has 0 N–H and O–H groups in total. The lowest BCUT2D eigenvalue weighted by molar-refractivity contribution is -0.412. The highest BCUT2D eigenvalue weighted by Gasteiger charge is 2.86. The molecule has 0 spiro atoms. The molecule has 0 amide bonds. The van der Waals surface area contributed by atoms with Crippen LogP contribution in [0.25, 0.3) is 0 Å². The fraction of sp³-hybridized carbons (Fsp3) is 1.00. The van der Waals surface area contributed by atoms with Gasteiger partial charge in [0, 0.05) is 0 Å². The maximum Gasteiger partial charge on any atom is 0.460 e. The van der Waals surface area contributed by atoms with E-state index >= 15 is 0 Å². The molecule has 104 valence electrons. The lowest BCUT2D eigenvalue weighted by Gasteiger charge is -2.35. The van der Waals surface area contributed by atoms with Crippen molar-refractivity contribution in [2.75, 3.05) is 0 Å². The summed E-state index contributed by atoms with van der Waals surface area (Å²) >= 11 is 0. The molecule has 0 aromatic heterocycles. The zero-order valence-corrected chi connectivity index (χ0v) is 8.39. The molecule has 17 heavy (non-hydrogen) atoms. The molecule has 0 aliphatic rings. The first kappa shape index (κ1) is 16.7. The largest absolute Gasteiger partial charge is 0.460 e. The van der Waals surface area contributed by atoms with Gasteiger partial charge in [0.1, 0.15) is 0 Å². The first-order valence-electron chi connectivity index (χ1n) is 3.37. The molecule has 0 radical (unpaired) electrons. The summed E-state index contributed by atoms with van der Waals surface area (Å²) < 4.78 is 131. The summed E-state index contributed by atoms with van der Waals surface area (Å²) in [7, 11) is -0.217. The van der Waals surface area contributed by atoms with E-state index in [-0.39, 0.29) is 9.24 Å². The van der Waals surface area contributed by atoms with Crippen molar-refractivity contribution >= 4 is 9.24 Å². The first-order valence-corrected chi connectivity index (χ1v) is 3.94. The maximum absolute atomic E-state index is 12.3. The third kappa shape index (κ3) is 2.30. The summed E-state index contributed by atoms with van der Waals surface area (Å²) in [5.41, 5.74) is -5.84. The molecular formula is C5H2F11P. The van der Waals surface area contributed by atoms with Crippen LogP contribution in [0, 0.1) is 0 Å². The number of hydrogen-bond donors (Lipinski definition) is 0. The van der Waals surface area contributed by atoms with Gasteiger partial charge in [-0.05, 0) is 0 Å². The van der Waals surface area contributed by atoms with Crippen molar-refractivity contribution in [3.63, 3.8) is 0 Å². The Balaban J connectivity index is 5.73. The number of alkyl halides is 11. The van der Waals surface area contributed by atoms with E-state index in [1.54, 1.807) is 0 Å². The van der Waals surface area contributed by atoms with E-state index in [4.69, 9.17) is 0 Å². The van der Waals surface area contributed by atoms with E-state index in [9.17, 15) is 48.3 Å². The standard InChI is InChI=1S/C5H2F11P/c6-1(7,2(8,9)4(12,13)14)3(10,11)5(15,16)17/h17H2. The second-order valence-corrected chi connectivity index (χ2v) is 3.57. The highest BCUT2D eigenvalue weighted by atomic mass is 31.0. The molecule has 0 saturated carbocycles. The second kappa shape index (κ2) is 3.83. The van der Waals surface area contributed by atoms with Crippen molar-refractivity contribution in [3.05, 3.63) is 0 Å². The van der Waals surface area contributed by atoms with Crippen LogP contribution in [-0.2, 0) is 0 Å². The van der Waals surface area contributed by atoms with Crippen molar-refractivity contribution in [3.8, 4) is 0 Å². The lowest BCUT2D eigenvalue weighted by Crippen LogP contribution is -2.65. The Morgan fingerprint density at radius 3 is 0.941 bits per heavy atom. The maximum atomic E-state index is 12.3. The van der Waals surface area contributed by atoms with Gasteiger partial charge in [-0.25, -0.2) is 0 Å². The molecule has 0 rings (SSSR count). The van der Waals surface area contributed by atoms with Gasteiger partial charge in [-0.3, -0.25) is 0 Å². The van der Waals surface area contributed by atoms with E-state index < -0.39 is 29.6 Å². The zero-order chi connectivity index (χ0) is 14.5. The van der Waals surface area contributed by atoms with E-state index in [2.05, 4.69) is 0 Å². The van der Waals surface area contributed by atoms with Crippen LogP contribution in [0.5, 0.6) is 0 Å². The summed E-state index contributed by atoms with van der Waals surface area (Å²) in [6, 6.07) is 0. The Labute approximate surface area is 88.3 Å². The Morgan fingerprint density at radius 2 is 0.765 bits per heavy atom. The highest BCUT2D eigenvalue weighted by Crippen LogP contribution is 2.58. The lowest BCUT2D eigenvalue weighted by atomic mass is 10.0. The van der Waals surface area contributed by atoms with E-state index in [1.165, 1.54) is 0 Å². The topological polar surface area (TPSA) is 0 Å². The molecule has 0 nitrogen and oxygen atoms in total. The van der Waals surface area contributed by atoms with Crippen LogP contribution >= 0.6 is 9.24 Å². The summed E-state index contributed by atoms with van der Waals surface area (Å²) in [5, 5.41) is 0. The van der Waals surface area contributed by atoms with Crippen LogP contribution in [0.15, 0.2) is 0 Å². The minimum Gasteiger partial charge on any atom is -0.195 e. The average molecular weight is 302 g/mol. The summed E-state index contributed by atoms with van der Waals surface area (Å²) in [6.07, 6.45) is -7.10. The Bertz CT molecular complexity index is 255. The normalized spacial score (nSPS) is 16.2. The van der Waals surface area contributed by atoms with Gasteiger partial charge < -0.3 is 0 Å². The van der Waals surface area contributed by atoms with Gasteiger partial charge in [-0.1, -0.05) is 9.24 Å². The minimum atomic E-state index is -7.30. The fourth-order valence-corrected chi connectivity index (χ4v) is 0.766. The van der Waals surface area contributed by atoms with Crippen molar-refractivity contribution in [2.24, 2.45) is 0 Å². The zero-order valence-electron chi connectivity index (χ0n) is 7.23. The minimum absolute atomic E-state index is 0.217. The summed E-state index contributed by atoms with van der Waals surface area (Å²) in [6.45, 7) is 0. The molecule has 12 heteroatoms. The molecule has 0 heterocycles. The molecule has 0 aliphatic carbocycles. The molecule has 0 aliphatic heterocycles. The second-order valence-electron chi connectivity index (χ2n) is 2.84. The van der Waals surface area contributed by atoms with Crippen LogP contribution in [0.2, 0.25) is 0 Å². The van der Waals surface area contributed by atoms with Gasteiger partial charge in [0.25, 0.3) is 0 Å². The van der Waals surface area contributed by atoms with Crippen molar-refractivity contribution < 1.29 is 48.3 Å². The Morgan fingerprint density at radius 1 is 0.471 bits per heavy atom. The van der Waals surface area contributed by atoms with Crippen LogP contribution < -0.4 is 0 Å². The molecule has 0 aromatic carbocycles. The van der Waals surface area contributed by atoms with E-state index in [0.717, 1.165) is 0 Å². The predicted octanol–water partition coefficient (Wildman–Crippen LogP) is 3.92. The van der Waals surface area contributed by atoms with Gasteiger partial charge in [0.2, 0.25) is 0 Å². The number of rotatable bonds is 3.